The normalized spacial score (nSPS) is 21.7. The number of methoxy groups -OCH3 is 1. The summed E-state index contributed by atoms with van der Waals surface area (Å²) in [6.45, 7) is 3.87. The molecule has 1 aromatic carbocycles. The molecule has 3 aliphatic rings. The summed E-state index contributed by atoms with van der Waals surface area (Å²) in [5, 5.41) is 7.98. The number of hydrogen-bond donors (Lipinski definition) is 1. The highest BCUT2D eigenvalue weighted by Gasteiger charge is 2.36. The Bertz CT molecular complexity index is 997. The number of ether oxygens (including phenoxy) is 2. The molecule has 0 spiro atoms. The van der Waals surface area contributed by atoms with E-state index in [0.717, 1.165) is 62.7 Å². The topological polar surface area (TPSA) is 68.6 Å². The molecule has 3 heterocycles. The number of aromatic nitrogens is 2. The highest BCUT2D eigenvalue weighted by Crippen LogP contribution is 2.46. The number of benzene rings is 1. The van der Waals surface area contributed by atoms with Gasteiger partial charge in [-0.15, -0.1) is 0 Å². The molecule has 0 unspecified atom stereocenters. The standard InChI is InChI=1S/C24H31FN4O3/c1-15-6-7-19-22(29(15)24(30)31-2)21(25)12-20(23(19)32-18-4-3-5-18)16-13-27-28(14-16)17-8-10-26-11-9-17/h12-15,17-18,26H,3-11H2,1-2H3/t15-/m0/s1. The van der Waals surface area contributed by atoms with Crippen LogP contribution >= 0.6 is 0 Å². The van der Waals surface area contributed by atoms with Crippen LogP contribution in [0.4, 0.5) is 14.9 Å². The summed E-state index contributed by atoms with van der Waals surface area (Å²) >= 11 is 0. The second kappa shape index (κ2) is 8.73. The molecular formula is C24H31FN4O3. The van der Waals surface area contributed by atoms with Crippen molar-refractivity contribution in [1.82, 2.24) is 15.1 Å². The van der Waals surface area contributed by atoms with E-state index in [2.05, 4.69) is 10.4 Å². The monoisotopic (exact) mass is 442 g/mol. The van der Waals surface area contributed by atoms with Gasteiger partial charge < -0.3 is 14.8 Å². The first-order valence-electron chi connectivity index (χ1n) is 11.7. The van der Waals surface area contributed by atoms with Gasteiger partial charge in [0.15, 0.2) is 0 Å². The van der Waals surface area contributed by atoms with Gasteiger partial charge in [-0.05, 0) is 71.0 Å². The maximum Gasteiger partial charge on any atom is 0.414 e. The zero-order valence-electron chi connectivity index (χ0n) is 18.8. The zero-order valence-corrected chi connectivity index (χ0v) is 18.8. The summed E-state index contributed by atoms with van der Waals surface area (Å²) in [5.41, 5.74) is 2.61. The first-order chi connectivity index (χ1) is 15.6. The van der Waals surface area contributed by atoms with Crippen LogP contribution in [0.2, 0.25) is 0 Å². The van der Waals surface area contributed by atoms with E-state index in [0.29, 0.717) is 29.5 Å². The van der Waals surface area contributed by atoms with Gasteiger partial charge in [0.05, 0.1) is 31.1 Å². The van der Waals surface area contributed by atoms with Gasteiger partial charge in [-0.1, -0.05) is 0 Å². The van der Waals surface area contributed by atoms with E-state index in [9.17, 15) is 4.79 Å². The lowest BCUT2D eigenvalue weighted by atomic mass is 9.91. The number of piperidine rings is 1. The van der Waals surface area contributed by atoms with Gasteiger partial charge in [0, 0.05) is 28.9 Å². The summed E-state index contributed by atoms with van der Waals surface area (Å²) < 4.78 is 29.0. The van der Waals surface area contributed by atoms with Gasteiger partial charge in [0.25, 0.3) is 0 Å². The number of hydrogen-bond acceptors (Lipinski definition) is 5. The van der Waals surface area contributed by atoms with Crippen LogP contribution in [-0.4, -0.2) is 48.2 Å². The molecule has 1 amide bonds. The van der Waals surface area contributed by atoms with Crippen molar-refractivity contribution in [3.05, 3.63) is 29.8 Å². The zero-order chi connectivity index (χ0) is 22.2. The van der Waals surface area contributed by atoms with Gasteiger partial charge in [0.1, 0.15) is 11.6 Å². The molecule has 7 nitrogen and oxygen atoms in total. The van der Waals surface area contributed by atoms with E-state index in [-0.39, 0.29) is 12.1 Å². The third-order valence-electron chi connectivity index (χ3n) is 7.10. The number of nitrogens with one attached hydrogen (secondary N) is 1. The van der Waals surface area contributed by atoms with E-state index in [4.69, 9.17) is 9.47 Å². The fourth-order valence-corrected chi connectivity index (χ4v) is 4.99. The van der Waals surface area contributed by atoms with Crippen LogP contribution in [0.15, 0.2) is 18.5 Å². The molecule has 1 aromatic heterocycles. The molecule has 172 valence electrons. The largest absolute Gasteiger partial charge is 0.489 e. The minimum Gasteiger partial charge on any atom is -0.489 e. The van der Waals surface area contributed by atoms with E-state index in [1.807, 2.05) is 17.8 Å². The summed E-state index contributed by atoms with van der Waals surface area (Å²) in [6, 6.07) is 1.71. The number of nitrogens with zero attached hydrogens (tertiary/aromatic N) is 3. The van der Waals surface area contributed by atoms with Crippen LogP contribution < -0.4 is 15.0 Å². The molecule has 1 saturated carbocycles. The van der Waals surface area contributed by atoms with Crippen molar-refractivity contribution in [3.8, 4) is 16.9 Å². The Morgan fingerprint density at radius 3 is 2.69 bits per heavy atom. The number of halogens is 1. The second-order valence-electron chi connectivity index (χ2n) is 9.15. The molecule has 1 aliphatic carbocycles. The number of anilines is 1. The predicted molar refractivity (Wildman–Crippen MR) is 120 cm³/mol. The SMILES string of the molecule is COC(=O)N1c2c(F)cc(-c3cnn(C4CCNCC4)c3)c(OC3CCC3)c2CC[C@@H]1C. The third kappa shape index (κ3) is 3.74. The number of carbonyl (C=O) groups excluding carboxylic acids is 1. The Balaban J connectivity index is 1.59. The average molecular weight is 443 g/mol. The van der Waals surface area contributed by atoms with Gasteiger partial charge in [-0.2, -0.15) is 5.10 Å². The Kier molecular flexibility index (Phi) is 5.80. The van der Waals surface area contributed by atoms with Gasteiger partial charge in [0.2, 0.25) is 0 Å². The quantitative estimate of drug-likeness (QED) is 0.758. The Morgan fingerprint density at radius 2 is 2.00 bits per heavy atom. The van der Waals surface area contributed by atoms with Crippen molar-refractivity contribution >= 4 is 11.8 Å². The Morgan fingerprint density at radius 1 is 1.22 bits per heavy atom. The summed E-state index contributed by atoms with van der Waals surface area (Å²) in [7, 11) is 1.33. The smallest absolute Gasteiger partial charge is 0.414 e. The molecule has 8 heteroatoms. The first-order valence-corrected chi connectivity index (χ1v) is 11.7. The van der Waals surface area contributed by atoms with Crippen LogP contribution in [-0.2, 0) is 11.2 Å². The molecule has 1 saturated heterocycles. The van der Waals surface area contributed by atoms with Crippen LogP contribution in [0.1, 0.15) is 57.1 Å². The molecule has 2 fully saturated rings. The minimum atomic E-state index is -0.543. The molecule has 2 aromatic rings. The third-order valence-corrected chi connectivity index (χ3v) is 7.10. The van der Waals surface area contributed by atoms with E-state index in [1.54, 1.807) is 6.20 Å². The second-order valence-corrected chi connectivity index (χ2v) is 9.15. The summed E-state index contributed by atoms with van der Waals surface area (Å²) in [5.74, 6) is 0.263. The van der Waals surface area contributed by atoms with E-state index >= 15 is 4.39 Å². The minimum absolute atomic E-state index is 0.133. The maximum absolute atomic E-state index is 15.6. The maximum atomic E-state index is 15.6. The summed E-state index contributed by atoms with van der Waals surface area (Å²) in [6.07, 6.45) is 9.96. The van der Waals surface area contributed by atoms with Crippen LogP contribution in [0.25, 0.3) is 11.1 Å². The van der Waals surface area contributed by atoms with E-state index in [1.165, 1.54) is 18.1 Å². The van der Waals surface area contributed by atoms with Gasteiger partial charge in [-0.3, -0.25) is 9.58 Å². The molecule has 0 bridgehead atoms. The van der Waals surface area contributed by atoms with E-state index < -0.39 is 11.9 Å². The van der Waals surface area contributed by atoms with Crippen molar-refractivity contribution in [3.63, 3.8) is 0 Å². The van der Waals surface area contributed by atoms with Crippen molar-refractivity contribution in [2.75, 3.05) is 25.1 Å². The number of rotatable bonds is 4. The number of carbonyl (C=O) groups is 1. The fraction of sp³-hybridized carbons (Fsp3) is 0.583. The molecule has 0 radical (unpaired) electrons. The van der Waals surface area contributed by atoms with Crippen LogP contribution in [0.5, 0.6) is 5.75 Å². The number of amides is 1. The molecule has 1 atom stereocenters. The highest BCUT2D eigenvalue weighted by molar-refractivity contribution is 5.92. The highest BCUT2D eigenvalue weighted by atomic mass is 19.1. The first kappa shape index (κ1) is 21.2. The molecule has 32 heavy (non-hydrogen) atoms. The lowest BCUT2D eigenvalue weighted by Gasteiger charge is -2.37. The van der Waals surface area contributed by atoms with Crippen molar-refractivity contribution in [1.29, 1.82) is 0 Å². The van der Waals surface area contributed by atoms with Gasteiger partial charge in [-0.25, -0.2) is 9.18 Å². The fourth-order valence-electron chi connectivity index (χ4n) is 4.99. The average Bonchev–Trinajstić information content (AvgIpc) is 3.27. The van der Waals surface area contributed by atoms with Crippen LogP contribution in [0, 0.1) is 5.82 Å². The lowest BCUT2D eigenvalue weighted by Crippen LogP contribution is -2.43. The Hall–Kier alpha value is -2.61. The van der Waals surface area contributed by atoms with Crippen molar-refractivity contribution < 1.29 is 18.7 Å². The van der Waals surface area contributed by atoms with Crippen LogP contribution in [0.3, 0.4) is 0 Å². The van der Waals surface area contributed by atoms with Gasteiger partial charge >= 0.3 is 6.09 Å². The van der Waals surface area contributed by atoms with Crippen molar-refractivity contribution in [2.45, 2.75) is 70.1 Å². The molecule has 5 rings (SSSR count). The molecule has 2 aliphatic heterocycles. The molecular weight excluding hydrogens is 411 g/mol. The molecule has 1 N–H and O–H groups in total. The Labute approximate surface area is 187 Å². The lowest BCUT2D eigenvalue weighted by molar-refractivity contribution is 0.119. The number of fused-ring (bicyclic) bond motifs is 1. The summed E-state index contributed by atoms with van der Waals surface area (Å²) in [4.78, 5) is 13.9. The van der Waals surface area contributed by atoms with Crippen molar-refractivity contribution in [2.24, 2.45) is 0 Å². The predicted octanol–water partition coefficient (Wildman–Crippen LogP) is 4.45.